The second kappa shape index (κ2) is 9.65. The first-order valence-electron chi connectivity index (χ1n) is 8.57. The van der Waals surface area contributed by atoms with E-state index in [0.29, 0.717) is 17.0 Å². The molecule has 9 heteroatoms. The van der Waals surface area contributed by atoms with E-state index in [0.717, 1.165) is 16.9 Å². The smallest absolute Gasteiger partial charge is 0.261 e. The molecule has 0 aliphatic heterocycles. The summed E-state index contributed by atoms with van der Waals surface area (Å²) < 4.78 is 0. The van der Waals surface area contributed by atoms with Crippen molar-refractivity contribution in [2.75, 3.05) is 6.54 Å². The van der Waals surface area contributed by atoms with Crippen LogP contribution in [0.4, 0.5) is 0 Å². The summed E-state index contributed by atoms with van der Waals surface area (Å²) in [6, 6.07) is 8.05. The zero-order valence-electron chi connectivity index (χ0n) is 15.6. The molecule has 1 aromatic heterocycles. The Morgan fingerprint density at radius 2 is 1.82 bits per heavy atom. The number of amides is 4. The van der Waals surface area contributed by atoms with E-state index in [4.69, 9.17) is 5.73 Å². The Kier molecular flexibility index (Phi) is 7.28. The molecule has 1 atom stereocenters. The predicted octanol–water partition coefficient (Wildman–Crippen LogP) is 1.03. The number of benzene rings is 1. The third-order valence-electron chi connectivity index (χ3n) is 3.78. The molecule has 0 spiro atoms. The number of hydrogen-bond acceptors (Lipinski definition) is 5. The van der Waals surface area contributed by atoms with Crippen molar-refractivity contribution in [1.82, 2.24) is 16.0 Å². The highest BCUT2D eigenvalue weighted by atomic mass is 32.1. The summed E-state index contributed by atoms with van der Waals surface area (Å²) in [4.78, 5) is 47.0. The fourth-order valence-corrected chi connectivity index (χ4v) is 3.13. The van der Waals surface area contributed by atoms with Crippen molar-refractivity contribution in [2.45, 2.75) is 26.4 Å². The summed E-state index contributed by atoms with van der Waals surface area (Å²) in [6.45, 7) is 3.76. The van der Waals surface area contributed by atoms with Gasteiger partial charge in [-0.1, -0.05) is 12.1 Å². The quantitative estimate of drug-likeness (QED) is 0.525. The molecule has 0 radical (unpaired) electrons. The van der Waals surface area contributed by atoms with E-state index in [-0.39, 0.29) is 35.9 Å². The van der Waals surface area contributed by atoms with E-state index in [1.165, 1.54) is 18.4 Å². The first-order valence-corrected chi connectivity index (χ1v) is 9.45. The lowest BCUT2D eigenvalue weighted by atomic mass is 10.1. The second-order valence-corrected chi connectivity index (χ2v) is 7.17. The van der Waals surface area contributed by atoms with E-state index < -0.39 is 5.91 Å². The Bertz CT molecular complexity index is 894. The molecule has 0 aliphatic rings. The fraction of sp³-hybridized carbons (Fsp3) is 0.263. The Morgan fingerprint density at radius 1 is 1.07 bits per heavy atom. The van der Waals surface area contributed by atoms with E-state index in [1.54, 1.807) is 25.1 Å². The first-order chi connectivity index (χ1) is 13.3. The summed E-state index contributed by atoms with van der Waals surface area (Å²) in [5.74, 6) is -1.35. The van der Waals surface area contributed by atoms with E-state index in [1.807, 2.05) is 6.07 Å². The van der Waals surface area contributed by atoms with Gasteiger partial charge >= 0.3 is 0 Å². The van der Waals surface area contributed by atoms with Crippen LogP contribution >= 0.6 is 11.3 Å². The zero-order chi connectivity index (χ0) is 20.7. The van der Waals surface area contributed by atoms with Crippen molar-refractivity contribution in [3.8, 4) is 0 Å². The first kappa shape index (κ1) is 21.1. The van der Waals surface area contributed by atoms with Crippen LogP contribution < -0.4 is 21.7 Å². The van der Waals surface area contributed by atoms with E-state index in [2.05, 4.69) is 16.0 Å². The van der Waals surface area contributed by atoms with Crippen molar-refractivity contribution >= 4 is 35.0 Å². The minimum atomic E-state index is -0.587. The van der Waals surface area contributed by atoms with Gasteiger partial charge < -0.3 is 21.7 Å². The molecule has 0 saturated carbocycles. The van der Waals surface area contributed by atoms with Gasteiger partial charge in [0, 0.05) is 37.0 Å². The van der Waals surface area contributed by atoms with Crippen LogP contribution in [-0.2, 0) is 11.3 Å². The van der Waals surface area contributed by atoms with Crippen molar-refractivity contribution in [3.63, 3.8) is 0 Å². The molecule has 148 valence electrons. The third kappa shape index (κ3) is 6.20. The molecule has 2 aromatic rings. The summed E-state index contributed by atoms with van der Waals surface area (Å²) in [5.41, 5.74) is 6.74. The van der Waals surface area contributed by atoms with Gasteiger partial charge in [0.2, 0.25) is 11.8 Å². The van der Waals surface area contributed by atoms with Crippen LogP contribution in [0.3, 0.4) is 0 Å². The van der Waals surface area contributed by atoms with Crippen LogP contribution in [0.2, 0.25) is 0 Å². The van der Waals surface area contributed by atoms with Crippen LogP contribution in [0.5, 0.6) is 0 Å². The number of thiophene rings is 1. The maximum Gasteiger partial charge on any atom is 0.261 e. The van der Waals surface area contributed by atoms with Crippen molar-refractivity contribution < 1.29 is 19.2 Å². The SMILES string of the molecule is CC(=O)NCc1cccc(C(=O)NCC(C)NC(=O)c2cc(C(N)=O)cs2)c1. The van der Waals surface area contributed by atoms with Crippen LogP contribution in [-0.4, -0.2) is 36.2 Å². The molecule has 28 heavy (non-hydrogen) atoms. The van der Waals surface area contributed by atoms with Crippen LogP contribution in [0.1, 0.15) is 49.8 Å². The predicted molar refractivity (Wildman–Crippen MR) is 106 cm³/mol. The third-order valence-corrected chi connectivity index (χ3v) is 4.71. The molecule has 5 N–H and O–H groups in total. The standard InChI is InChI=1S/C19H22N4O4S/c1-11(23-19(27)16-7-15(10-28-16)17(20)25)8-22-18(26)14-5-3-4-13(6-14)9-21-12(2)24/h3-7,10-11H,8-9H2,1-2H3,(H2,20,25)(H,21,24)(H,22,26)(H,23,27). The van der Waals surface area contributed by atoms with Gasteiger partial charge in [0.15, 0.2) is 0 Å². The Hall–Kier alpha value is -3.20. The molecule has 0 bridgehead atoms. The van der Waals surface area contributed by atoms with Crippen LogP contribution in [0.15, 0.2) is 35.7 Å². The summed E-state index contributed by atoms with van der Waals surface area (Å²) in [5, 5.41) is 9.72. The minimum Gasteiger partial charge on any atom is -0.366 e. The Morgan fingerprint density at radius 3 is 2.46 bits per heavy atom. The van der Waals surface area contributed by atoms with Gasteiger partial charge in [-0.2, -0.15) is 0 Å². The van der Waals surface area contributed by atoms with Gasteiger partial charge in [-0.3, -0.25) is 19.2 Å². The Labute approximate surface area is 166 Å². The summed E-state index contributed by atoms with van der Waals surface area (Å²) >= 11 is 1.13. The number of carbonyl (C=O) groups excluding carboxylic acids is 4. The highest BCUT2D eigenvalue weighted by Crippen LogP contribution is 2.14. The molecular formula is C19H22N4O4S. The van der Waals surface area contributed by atoms with E-state index >= 15 is 0 Å². The minimum absolute atomic E-state index is 0.145. The van der Waals surface area contributed by atoms with Gasteiger partial charge in [0.25, 0.3) is 11.8 Å². The fourth-order valence-electron chi connectivity index (χ4n) is 2.33. The molecule has 0 saturated heterocycles. The van der Waals surface area contributed by atoms with Gasteiger partial charge in [-0.15, -0.1) is 11.3 Å². The van der Waals surface area contributed by atoms with Gasteiger partial charge in [0.1, 0.15) is 0 Å². The number of carbonyl (C=O) groups is 4. The van der Waals surface area contributed by atoms with Crippen LogP contribution in [0, 0.1) is 0 Å². The molecule has 1 aromatic carbocycles. The molecule has 1 unspecified atom stereocenters. The zero-order valence-corrected chi connectivity index (χ0v) is 16.4. The highest BCUT2D eigenvalue weighted by molar-refractivity contribution is 7.12. The maximum absolute atomic E-state index is 12.3. The summed E-state index contributed by atoms with van der Waals surface area (Å²) in [7, 11) is 0. The number of nitrogens with two attached hydrogens (primary N) is 1. The van der Waals surface area contributed by atoms with E-state index in [9.17, 15) is 19.2 Å². The molecular weight excluding hydrogens is 380 g/mol. The van der Waals surface area contributed by atoms with Gasteiger partial charge in [-0.25, -0.2) is 0 Å². The number of primary amides is 1. The summed E-state index contributed by atoms with van der Waals surface area (Å²) in [6.07, 6.45) is 0. The normalized spacial score (nSPS) is 11.4. The largest absolute Gasteiger partial charge is 0.366 e. The lowest BCUT2D eigenvalue weighted by Gasteiger charge is -2.14. The average molecular weight is 402 g/mol. The number of hydrogen-bond donors (Lipinski definition) is 4. The molecule has 0 fully saturated rings. The average Bonchev–Trinajstić information content (AvgIpc) is 3.15. The van der Waals surface area contributed by atoms with Crippen LogP contribution in [0.25, 0.3) is 0 Å². The second-order valence-electron chi connectivity index (χ2n) is 6.26. The number of nitrogens with one attached hydrogen (secondary N) is 3. The van der Waals surface area contributed by atoms with Gasteiger partial charge in [-0.05, 0) is 30.7 Å². The molecule has 1 heterocycles. The maximum atomic E-state index is 12.3. The molecule has 8 nitrogen and oxygen atoms in total. The van der Waals surface area contributed by atoms with Crippen molar-refractivity contribution in [3.05, 3.63) is 57.3 Å². The Balaban J connectivity index is 1.86. The van der Waals surface area contributed by atoms with Gasteiger partial charge in [0.05, 0.1) is 10.4 Å². The topological polar surface area (TPSA) is 130 Å². The molecule has 4 amide bonds. The lowest BCUT2D eigenvalue weighted by molar-refractivity contribution is -0.119. The highest BCUT2D eigenvalue weighted by Gasteiger charge is 2.15. The molecule has 0 aliphatic carbocycles. The lowest BCUT2D eigenvalue weighted by Crippen LogP contribution is -2.41. The monoisotopic (exact) mass is 402 g/mol. The van der Waals surface area contributed by atoms with Crippen molar-refractivity contribution in [1.29, 1.82) is 0 Å². The number of rotatable bonds is 8. The van der Waals surface area contributed by atoms with Crippen molar-refractivity contribution in [2.24, 2.45) is 5.73 Å². The molecule has 2 rings (SSSR count).